The fourth-order valence-corrected chi connectivity index (χ4v) is 2.97. The number of nitrogens with two attached hydrogens (primary N) is 1. The van der Waals surface area contributed by atoms with Gasteiger partial charge in [-0.1, -0.05) is 18.2 Å². The van der Waals surface area contributed by atoms with Crippen molar-refractivity contribution in [3.63, 3.8) is 0 Å². The Morgan fingerprint density at radius 1 is 1.05 bits per heavy atom. The lowest BCUT2D eigenvalue weighted by atomic mass is 9.97. The maximum atomic E-state index is 6.36. The molecule has 2 heterocycles. The van der Waals surface area contributed by atoms with Crippen molar-refractivity contribution in [1.82, 2.24) is 4.98 Å². The highest BCUT2D eigenvalue weighted by molar-refractivity contribution is 7.17. The van der Waals surface area contributed by atoms with E-state index in [1.54, 1.807) is 11.3 Å². The molecule has 2 nitrogen and oxygen atoms in total. The number of hydrogen-bond donors (Lipinski definition) is 1. The molecule has 0 fully saturated rings. The van der Waals surface area contributed by atoms with Gasteiger partial charge in [0.25, 0.3) is 0 Å². The number of aryl methyl sites for hydroxylation is 2. The van der Waals surface area contributed by atoms with Crippen molar-refractivity contribution < 1.29 is 0 Å². The van der Waals surface area contributed by atoms with Crippen molar-refractivity contribution in [1.29, 1.82) is 0 Å². The first-order valence-corrected chi connectivity index (χ1v) is 7.19. The summed E-state index contributed by atoms with van der Waals surface area (Å²) in [6.07, 6.45) is 1.88. The minimum absolute atomic E-state index is 0.113. The molecule has 1 unspecified atom stereocenters. The van der Waals surface area contributed by atoms with Crippen LogP contribution in [0.4, 0.5) is 0 Å². The van der Waals surface area contributed by atoms with Gasteiger partial charge in [0.15, 0.2) is 0 Å². The Hall–Kier alpha value is -1.71. The van der Waals surface area contributed by atoms with Gasteiger partial charge < -0.3 is 5.73 Å². The zero-order valence-corrected chi connectivity index (χ0v) is 11.9. The molecule has 3 aromatic rings. The van der Waals surface area contributed by atoms with Crippen LogP contribution in [0.1, 0.15) is 28.3 Å². The minimum atomic E-state index is -0.113. The van der Waals surface area contributed by atoms with Crippen LogP contribution in [0, 0.1) is 13.8 Å². The lowest BCUT2D eigenvalue weighted by Gasteiger charge is -2.14. The summed E-state index contributed by atoms with van der Waals surface area (Å²) < 4.78 is 1.19. The predicted octanol–water partition coefficient (Wildman–Crippen LogP) is 3.96. The van der Waals surface area contributed by atoms with E-state index in [1.165, 1.54) is 15.8 Å². The second-order valence-corrected chi connectivity index (χ2v) is 5.84. The van der Waals surface area contributed by atoms with Gasteiger partial charge >= 0.3 is 0 Å². The standard InChI is InChI=1S/C16H16N2S/c1-10-3-4-12(7-11(10)2)16(17)13-8-15-14(18-9-13)5-6-19-15/h3-9,16H,17H2,1-2H3. The molecule has 3 rings (SSSR count). The Balaban J connectivity index is 2.01. The van der Waals surface area contributed by atoms with Crippen LogP contribution in [0.2, 0.25) is 0 Å². The summed E-state index contributed by atoms with van der Waals surface area (Å²) >= 11 is 1.70. The molecule has 1 aromatic carbocycles. The van der Waals surface area contributed by atoms with Crippen molar-refractivity contribution in [2.75, 3.05) is 0 Å². The van der Waals surface area contributed by atoms with E-state index in [0.717, 1.165) is 16.6 Å². The van der Waals surface area contributed by atoms with E-state index in [2.05, 4.69) is 48.5 Å². The number of aromatic nitrogens is 1. The molecule has 0 radical (unpaired) electrons. The van der Waals surface area contributed by atoms with Crippen molar-refractivity contribution >= 4 is 21.6 Å². The van der Waals surface area contributed by atoms with E-state index in [1.807, 2.05) is 12.3 Å². The van der Waals surface area contributed by atoms with Gasteiger partial charge in [-0.2, -0.15) is 0 Å². The van der Waals surface area contributed by atoms with Crippen LogP contribution in [0.3, 0.4) is 0 Å². The summed E-state index contributed by atoms with van der Waals surface area (Å²) in [5.41, 5.74) is 12.2. The molecule has 0 spiro atoms. The highest BCUT2D eigenvalue weighted by Gasteiger charge is 2.11. The van der Waals surface area contributed by atoms with Crippen LogP contribution in [0.15, 0.2) is 41.9 Å². The van der Waals surface area contributed by atoms with E-state index < -0.39 is 0 Å². The monoisotopic (exact) mass is 268 g/mol. The van der Waals surface area contributed by atoms with Crippen LogP contribution in [-0.2, 0) is 0 Å². The van der Waals surface area contributed by atoms with Gasteiger partial charge in [-0.3, -0.25) is 4.98 Å². The highest BCUT2D eigenvalue weighted by atomic mass is 32.1. The molecule has 2 N–H and O–H groups in total. The van der Waals surface area contributed by atoms with E-state index in [0.29, 0.717) is 0 Å². The van der Waals surface area contributed by atoms with Gasteiger partial charge in [0.2, 0.25) is 0 Å². The van der Waals surface area contributed by atoms with Crippen molar-refractivity contribution in [3.8, 4) is 0 Å². The lowest BCUT2D eigenvalue weighted by Crippen LogP contribution is -2.12. The SMILES string of the molecule is Cc1ccc(C(N)c2cnc3ccsc3c2)cc1C. The number of nitrogens with zero attached hydrogens (tertiary/aromatic N) is 1. The number of benzene rings is 1. The van der Waals surface area contributed by atoms with Crippen molar-refractivity contribution in [2.24, 2.45) is 5.73 Å². The van der Waals surface area contributed by atoms with E-state index >= 15 is 0 Å². The molecule has 96 valence electrons. The fraction of sp³-hybridized carbons (Fsp3) is 0.188. The summed E-state index contributed by atoms with van der Waals surface area (Å²) in [6, 6.07) is 10.5. The molecule has 0 saturated heterocycles. The first-order chi connectivity index (χ1) is 9.15. The third kappa shape index (κ3) is 2.27. The Kier molecular flexibility index (Phi) is 3.09. The normalized spacial score (nSPS) is 12.8. The second-order valence-electron chi connectivity index (χ2n) is 4.89. The largest absolute Gasteiger partial charge is 0.320 e. The third-order valence-electron chi connectivity index (χ3n) is 3.57. The number of pyridine rings is 1. The Bertz CT molecular complexity index is 730. The molecule has 0 aliphatic carbocycles. The van der Waals surface area contributed by atoms with Crippen LogP contribution in [0.5, 0.6) is 0 Å². The van der Waals surface area contributed by atoms with Gasteiger partial charge in [0.1, 0.15) is 0 Å². The van der Waals surface area contributed by atoms with Crippen LogP contribution in [0.25, 0.3) is 10.2 Å². The number of thiophene rings is 1. The molecule has 3 heteroatoms. The highest BCUT2D eigenvalue weighted by Crippen LogP contribution is 2.26. The fourth-order valence-electron chi connectivity index (χ4n) is 2.18. The molecule has 0 saturated carbocycles. The average molecular weight is 268 g/mol. The number of hydrogen-bond acceptors (Lipinski definition) is 3. The molecular weight excluding hydrogens is 252 g/mol. The summed E-state index contributed by atoms with van der Waals surface area (Å²) in [7, 11) is 0. The Morgan fingerprint density at radius 2 is 1.89 bits per heavy atom. The maximum Gasteiger partial charge on any atom is 0.0809 e. The predicted molar refractivity (Wildman–Crippen MR) is 81.6 cm³/mol. The molecule has 0 aliphatic heterocycles. The Morgan fingerprint density at radius 3 is 2.68 bits per heavy atom. The van der Waals surface area contributed by atoms with Gasteiger partial charge in [-0.15, -0.1) is 11.3 Å². The first kappa shape index (κ1) is 12.3. The molecule has 1 atom stereocenters. The van der Waals surface area contributed by atoms with Crippen molar-refractivity contribution in [2.45, 2.75) is 19.9 Å². The van der Waals surface area contributed by atoms with E-state index in [4.69, 9.17) is 5.73 Å². The topological polar surface area (TPSA) is 38.9 Å². The zero-order valence-electron chi connectivity index (χ0n) is 11.1. The molecule has 0 amide bonds. The lowest BCUT2D eigenvalue weighted by molar-refractivity contribution is 0.864. The number of fused-ring (bicyclic) bond motifs is 1. The smallest absolute Gasteiger partial charge is 0.0809 e. The third-order valence-corrected chi connectivity index (χ3v) is 4.43. The maximum absolute atomic E-state index is 6.36. The van der Waals surface area contributed by atoms with Gasteiger partial charge in [0, 0.05) is 6.20 Å². The summed E-state index contributed by atoms with van der Waals surface area (Å²) in [6.45, 7) is 4.23. The second kappa shape index (κ2) is 4.76. The molecule has 0 bridgehead atoms. The quantitative estimate of drug-likeness (QED) is 0.764. The van der Waals surface area contributed by atoms with Crippen LogP contribution in [-0.4, -0.2) is 4.98 Å². The molecule has 19 heavy (non-hydrogen) atoms. The zero-order chi connectivity index (χ0) is 13.4. The minimum Gasteiger partial charge on any atom is -0.320 e. The van der Waals surface area contributed by atoms with E-state index in [9.17, 15) is 0 Å². The molecule has 0 aliphatic rings. The van der Waals surface area contributed by atoms with Crippen LogP contribution >= 0.6 is 11.3 Å². The average Bonchev–Trinajstić information content (AvgIpc) is 2.88. The summed E-state index contributed by atoms with van der Waals surface area (Å²) in [5.74, 6) is 0. The van der Waals surface area contributed by atoms with Gasteiger partial charge in [0.05, 0.1) is 16.3 Å². The summed E-state index contributed by atoms with van der Waals surface area (Å²) in [5, 5.41) is 2.06. The van der Waals surface area contributed by atoms with Crippen molar-refractivity contribution in [3.05, 3.63) is 64.2 Å². The van der Waals surface area contributed by atoms with Gasteiger partial charge in [-0.05, 0) is 53.6 Å². The molecule has 2 aromatic heterocycles. The Labute approximate surface area is 116 Å². The number of rotatable bonds is 2. The molecular formula is C16H16N2S. The van der Waals surface area contributed by atoms with Gasteiger partial charge in [-0.25, -0.2) is 0 Å². The first-order valence-electron chi connectivity index (χ1n) is 6.31. The van der Waals surface area contributed by atoms with E-state index in [-0.39, 0.29) is 6.04 Å². The summed E-state index contributed by atoms with van der Waals surface area (Å²) in [4.78, 5) is 4.46. The van der Waals surface area contributed by atoms with Crippen LogP contribution < -0.4 is 5.73 Å².